The summed E-state index contributed by atoms with van der Waals surface area (Å²) < 4.78 is 12.2. The lowest BCUT2D eigenvalue weighted by atomic mass is 10.1. The first-order valence-corrected chi connectivity index (χ1v) is 11.8. The molecular formula is C18H37Cl2O3P. The molecule has 1 N–H and O–H groups in total. The van der Waals surface area contributed by atoms with Gasteiger partial charge in [-0.1, -0.05) is 78.1 Å². The van der Waals surface area contributed by atoms with Crippen molar-refractivity contribution in [2.45, 2.75) is 90.9 Å². The Labute approximate surface area is 160 Å². The molecule has 2 unspecified atom stereocenters. The molecule has 0 aromatic carbocycles. The normalized spacial score (nSPS) is 14.7. The van der Waals surface area contributed by atoms with E-state index in [2.05, 4.69) is 6.92 Å². The molecule has 0 aliphatic heterocycles. The maximum absolute atomic E-state index is 12.2. The van der Waals surface area contributed by atoms with Crippen molar-refractivity contribution in [2.75, 3.05) is 12.3 Å². The van der Waals surface area contributed by atoms with Crippen molar-refractivity contribution in [3.63, 3.8) is 0 Å². The van der Waals surface area contributed by atoms with Gasteiger partial charge in [0.15, 0.2) is 0 Å². The Hall–Kier alpha value is 0.440. The molecule has 0 amide bonds. The lowest BCUT2D eigenvalue weighted by molar-refractivity contribution is -0.114. The van der Waals surface area contributed by atoms with E-state index in [1.165, 1.54) is 44.9 Å². The summed E-state index contributed by atoms with van der Waals surface area (Å²) >= 11 is 5.52. The maximum atomic E-state index is 12.2. The van der Waals surface area contributed by atoms with Gasteiger partial charge in [-0.3, -0.25) is 9.36 Å². The fourth-order valence-corrected chi connectivity index (χ4v) is 5.14. The van der Waals surface area contributed by atoms with Crippen molar-refractivity contribution >= 4 is 36.6 Å². The quantitative estimate of drug-likeness (QED) is 0.176. The Morgan fingerprint density at radius 1 is 0.917 bits per heavy atom. The van der Waals surface area contributed by atoms with Gasteiger partial charge in [-0.05, 0) is 24.4 Å². The van der Waals surface area contributed by atoms with E-state index in [0.29, 0.717) is 12.6 Å². The maximum Gasteiger partial charge on any atom is 0.225 e. The first-order chi connectivity index (χ1) is 10.9. The molecule has 0 fully saturated rings. The summed E-state index contributed by atoms with van der Waals surface area (Å²) in [4.78, 5) is 21.3. The summed E-state index contributed by atoms with van der Waals surface area (Å²) in [7, 11) is -3.21. The smallest absolute Gasteiger partial charge is 0.225 e. The molecule has 0 bridgehead atoms. The van der Waals surface area contributed by atoms with Gasteiger partial charge in [0.2, 0.25) is 12.6 Å². The number of hydrogen-bond donors (Lipinski definition) is 1. The average Bonchev–Trinajstić information content (AvgIpc) is 2.48. The predicted octanol–water partition coefficient (Wildman–Crippen LogP) is 6.78. The minimum atomic E-state index is -3.21. The summed E-state index contributed by atoms with van der Waals surface area (Å²) in [6.07, 6.45) is 13.8. The topological polar surface area (TPSA) is 54.4 Å². The summed E-state index contributed by atoms with van der Waals surface area (Å²) in [6.45, 7) is 4.19. The molecule has 0 rings (SSSR count). The van der Waals surface area contributed by atoms with Crippen LogP contribution in [-0.2, 0) is 9.36 Å². The van der Waals surface area contributed by atoms with Gasteiger partial charge in [-0.15, -0.1) is 12.4 Å². The molecule has 24 heavy (non-hydrogen) atoms. The van der Waals surface area contributed by atoms with Crippen molar-refractivity contribution in [1.82, 2.24) is 0 Å². The van der Waals surface area contributed by atoms with Crippen LogP contribution in [0.1, 0.15) is 90.9 Å². The first kappa shape index (κ1) is 26.7. The van der Waals surface area contributed by atoms with E-state index in [-0.39, 0.29) is 18.6 Å². The van der Waals surface area contributed by atoms with E-state index in [1.807, 2.05) is 6.92 Å². The van der Waals surface area contributed by atoms with E-state index in [0.717, 1.165) is 25.7 Å². The highest BCUT2D eigenvalue weighted by Crippen LogP contribution is 2.44. The predicted molar refractivity (Wildman–Crippen MR) is 108 cm³/mol. The molecular weight excluding hydrogens is 366 g/mol. The molecule has 3 nitrogen and oxygen atoms in total. The van der Waals surface area contributed by atoms with Gasteiger partial charge in [-0.2, -0.15) is 0 Å². The van der Waals surface area contributed by atoms with Crippen molar-refractivity contribution in [2.24, 2.45) is 5.92 Å². The van der Waals surface area contributed by atoms with Crippen molar-refractivity contribution in [1.29, 1.82) is 0 Å². The lowest BCUT2D eigenvalue weighted by Crippen LogP contribution is -2.15. The third-order valence-corrected chi connectivity index (χ3v) is 6.66. The minimum Gasteiger partial charge on any atom is -0.344 e. The summed E-state index contributed by atoms with van der Waals surface area (Å²) in [6, 6.07) is 0. The van der Waals surface area contributed by atoms with E-state index in [4.69, 9.17) is 11.6 Å². The number of carbonyl (C=O) groups is 1. The zero-order valence-corrected chi connectivity index (χ0v) is 17.9. The number of rotatable bonds is 16. The van der Waals surface area contributed by atoms with Gasteiger partial charge in [0.1, 0.15) is 0 Å². The van der Waals surface area contributed by atoms with Crippen LogP contribution in [0.3, 0.4) is 0 Å². The lowest BCUT2D eigenvalue weighted by Gasteiger charge is -2.16. The first-order valence-electron chi connectivity index (χ1n) is 9.43. The third-order valence-electron chi connectivity index (χ3n) is 4.32. The van der Waals surface area contributed by atoms with Crippen molar-refractivity contribution in [3.05, 3.63) is 0 Å². The second kappa shape index (κ2) is 16.9. The van der Waals surface area contributed by atoms with Gasteiger partial charge < -0.3 is 4.89 Å². The largest absolute Gasteiger partial charge is 0.344 e. The highest BCUT2D eigenvalue weighted by molar-refractivity contribution is 7.58. The fourth-order valence-electron chi connectivity index (χ4n) is 2.91. The molecule has 2 atom stereocenters. The molecule has 0 aromatic heterocycles. The van der Waals surface area contributed by atoms with Gasteiger partial charge in [0, 0.05) is 18.2 Å². The Morgan fingerprint density at radius 2 is 1.38 bits per heavy atom. The summed E-state index contributed by atoms with van der Waals surface area (Å²) in [5.74, 6) is -0.458. The third kappa shape index (κ3) is 15.9. The van der Waals surface area contributed by atoms with Gasteiger partial charge >= 0.3 is 0 Å². The van der Waals surface area contributed by atoms with Gasteiger partial charge in [0.05, 0.1) is 0 Å². The van der Waals surface area contributed by atoms with Crippen LogP contribution < -0.4 is 0 Å². The Kier molecular flexibility index (Phi) is 18.8. The standard InChI is InChI=1S/C18H36ClO3P.ClH/c1-3-5-6-7-8-9-10-11-12-13-15-23(21,22)16-17(14-4-2)18(19)20;/h17H,3-16H2,1-2H3,(H,21,22);1H. The SMILES string of the molecule is CCCCCCCCCCCCP(=O)(O)CC(CCC)C(=O)Cl.Cl. The molecule has 0 saturated carbocycles. The van der Waals surface area contributed by atoms with Gasteiger partial charge in [-0.25, -0.2) is 0 Å². The number of hydrogen-bond acceptors (Lipinski definition) is 2. The van der Waals surface area contributed by atoms with E-state index >= 15 is 0 Å². The second-order valence-electron chi connectivity index (χ2n) is 6.72. The fraction of sp³-hybridized carbons (Fsp3) is 0.944. The Morgan fingerprint density at radius 3 is 1.79 bits per heavy atom. The highest BCUT2D eigenvalue weighted by Gasteiger charge is 2.26. The zero-order chi connectivity index (χ0) is 17.6. The van der Waals surface area contributed by atoms with E-state index in [9.17, 15) is 14.3 Å². The Balaban J connectivity index is 0. The van der Waals surface area contributed by atoms with Crippen molar-refractivity contribution in [3.8, 4) is 0 Å². The molecule has 0 heterocycles. The monoisotopic (exact) mass is 402 g/mol. The van der Waals surface area contributed by atoms with Crippen LogP contribution in [0.4, 0.5) is 0 Å². The van der Waals surface area contributed by atoms with Crippen LogP contribution in [0.25, 0.3) is 0 Å². The summed E-state index contributed by atoms with van der Waals surface area (Å²) in [5, 5.41) is -0.468. The average molecular weight is 403 g/mol. The zero-order valence-electron chi connectivity index (χ0n) is 15.5. The van der Waals surface area contributed by atoms with Crippen LogP contribution in [0.15, 0.2) is 0 Å². The molecule has 6 heteroatoms. The highest BCUT2D eigenvalue weighted by atomic mass is 35.5. The van der Waals surface area contributed by atoms with E-state index < -0.39 is 18.5 Å². The molecule has 0 saturated heterocycles. The van der Waals surface area contributed by atoms with Crippen LogP contribution in [-0.4, -0.2) is 22.5 Å². The van der Waals surface area contributed by atoms with Crippen molar-refractivity contribution < 1.29 is 14.3 Å². The van der Waals surface area contributed by atoms with E-state index in [1.54, 1.807) is 0 Å². The van der Waals surface area contributed by atoms with Crippen LogP contribution in [0.5, 0.6) is 0 Å². The number of carbonyl (C=O) groups excluding carboxylic acids is 1. The molecule has 0 aromatic rings. The molecule has 0 radical (unpaired) electrons. The number of halogens is 2. The molecule has 0 aliphatic carbocycles. The molecule has 0 spiro atoms. The van der Waals surface area contributed by atoms with Gasteiger partial charge in [0.25, 0.3) is 0 Å². The Bertz CT molecular complexity index is 351. The second-order valence-corrected chi connectivity index (χ2v) is 9.60. The molecule has 146 valence electrons. The summed E-state index contributed by atoms with van der Waals surface area (Å²) in [5.41, 5.74) is 0. The van der Waals surface area contributed by atoms with Crippen LogP contribution >= 0.6 is 31.4 Å². The number of unbranched alkanes of at least 4 members (excludes halogenated alkanes) is 9. The minimum absolute atomic E-state index is 0. The van der Waals surface area contributed by atoms with Crippen LogP contribution in [0.2, 0.25) is 0 Å². The van der Waals surface area contributed by atoms with Crippen LogP contribution in [0, 0.1) is 5.92 Å². The molecule has 0 aliphatic rings.